The fourth-order valence-corrected chi connectivity index (χ4v) is 3.04. The molecule has 0 atom stereocenters. The number of hydrogen-bond acceptors (Lipinski definition) is 3. The van der Waals surface area contributed by atoms with Gasteiger partial charge in [0, 0.05) is 12.1 Å². The van der Waals surface area contributed by atoms with Crippen molar-refractivity contribution in [3.8, 4) is 0 Å². The van der Waals surface area contributed by atoms with Crippen LogP contribution in [0, 0.1) is 5.82 Å². The number of likely N-dealkylation sites (tertiary alicyclic amines) is 1. The number of amides is 2. The van der Waals surface area contributed by atoms with Crippen molar-refractivity contribution < 1.29 is 14.0 Å². The Labute approximate surface area is 152 Å². The molecule has 2 N–H and O–H groups in total. The van der Waals surface area contributed by atoms with Gasteiger partial charge >= 0.3 is 0 Å². The maximum atomic E-state index is 13.5. The summed E-state index contributed by atoms with van der Waals surface area (Å²) in [6.45, 7) is 3.11. The highest BCUT2D eigenvalue weighted by atomic mass is 19.1. The third-order valence-electron chi connectivity index (χ3n) is 4.48. The fourth-order valence-electron chi connectivity index (χ4n) is 3.04. The summed E-state index contributed by atoms with van der Waals surface area (Å²) in [6.07, 6.45) is 3.78. The highest BCUT2D eigenvalue weighted by Gasteiger charge is 2.13. The van der Waals surface area contributed by atoms with Crippen LogP contribution < -0.4 is 10.9 Å². The molecule has 1 aliphatic heterocycles. The summed E-state index contributed by atoms with van der Waals surface area (Å²) in [5.41, 5.74) is 6.00. The molecule has 1 saturated heterocycles. The van der Waals surface area contributed by atoms with Crippen molar-refractivity contribution in [2.75, 3.05) is 13.1 Å². The molecule has 5 nitrogen and oxygen atoms in total. The highest BCUT2D eigenvalue weighted by molar-refractivity contribution is 5.99. The number of rotatable bonds is 4. The van der Waals surface area contributed by atoms with Crippen LogP contribution in [0.5, 0.6) is 0 Å². The molecule has 0 saturated carbocycles. The fraction of sp³-hybridized carbons (Fsp3) is 0.300. The van der Waals surface area contributed by atoms with Crippen LogP contribution in [0.2, 0.25) is 0 Å². The van der Waals surface area contributed by atoms with Gasteiger partial charge in [0.2, 0.25) is 0 Å². The lowest BCUT2D eigenvalue weighted by Gasteiger charge is -2.26. The largest absolute Gasteiger partial charge is 0.299 e. The average Bonchev–Trinajstić information content (AvgIpc) is 2.67. The highest BCUT2D eigenvalue weighted by Crippen LogP contribution is 2.13. The zero-order valence-electron chi connectivity index (χ0n) is 14.5. The first kappa shape index (κ1) is 18.1. The summed E-state index contributed by atoms with van der Waals surface area (Å²) in [6, 6.07) is 12.9. The van der Waals surface area contributed by atoms with Gasteiger partial charge in [-0.2, -0.15) is 0 Å². The molecule has 26 heavy (non-hydrogen) atoms. The van der Waals surface area contributed by atoms with Crippen molar-refractivity contribution in [1.82, 2.24) is 15.8 Å². The predicted octanol–water partition coefficient (Wildman–Crippen LogP) is 2.89. The lowest BCUT2D eigenvalue weighted by molar-refractivity contribution is 0.0844. The smallest absolute Gasteiger partial charge is 0.272 e. The van der Waals surface area contributed by atoms with Crippen LogP contribution in [-0.4, -0.2) is 29.8 Å². The summed E-state index contributed by atoms with van der Waals surface area (Å²) in [5.74, 6) is -1.78. The predicted molar refractivity (Wildman–Crippen MR) is 96.9 cm³/mol. The van der Waals surface area contributed by atoms with Crippen LogP contribution in [0.4, 0.5) is 4.39 Å². The van der Waals surface area contributed by atoms with E-state index < -0.39 is 17.6 Å². The molecule has 6 heteroatoms. The van der Waals surface area contributed by atoms with E-state index in [1.54, 1.807) is 18.2 Å². The first-order chi connectivity index (χ1) is 12.6. The SMILES string of the molecule is O=C(NNC(=O)c1ccccc1F)c1ccc(CN2CCCCC2)cc1. The number of nitrogens with zero attached hydrogens (tertiary/aromatic N) is 1. The van der Waals surface area contributed by atoms with Gasteiger partial charge in [0.05, 0.1) is 5.56 Å². The van der Waals surface area contributed by atoms with E-state index in [1.807, 2.05) is 12.1 Å². The van der Waals surface area contributed by atoms with E-state index in [2.05, 4.69) is 15.8 Å². The van der Waals surface area contributed by atoms with Gasteiger partial charge in [0.1, 0.15) is 5.82 Å². The number of piperidine rings is 1. The molecule has 2 amide bonds. The minimum absolute atomic E-state index is 0.121. The van der Waals surface area contributed by atoms with E-state index in [0.29, 0.717) is 5.56 Å². The molecule has 0 aromatic heterocycles. The van der Waals surface area contributed by atoms with Gasteiger partial charge in [-0.1, -0.05) is 30.7 Å². The number of benzene rings is 2. The van der Waals surface area contributed by atoms with Gasteiger partial charge in [0.25, 0.3) is 11.8 Å². The number of hydrazine groups is 1. The summed E-state index contributed by atoms with van der Waals surface area (Å²) in [4.78, 5) is 26.5. The molecule has 0 radical (unpaired) electrons. The Kier molecular flexibility index (Phi) is 5.96. The van der Waals surface area contributed by atoms with Gasteiger partial charge in [-0.05, 0) is 55.8 Å². The first-order valence-corrected chi connectivity index (χ1v) is 8.80. The van der Waals surface area contributed by atoms with Gasteiger partial charge in [-0.15, -0.1) is 0 Å². The molecule has 0 unspecified atom stereocenters. The lowest BCUT2D eigenvalue weighted by atomic mass is 10.1. The number of carbonyl (C=O) groups is 2. The lowest BCUT2D eigenvalue weighted by Crippen LogP contribution is -2.41. The number of halogens is 1. The molecule has 136 valence electrons. The minimum Gasteiger partial charge on any atom is -0.299 e. The van der Waals surface area contributed by atoms with E-state index in [1.165, 1.54) is 37.5 Å². The summed E-state index contributed by atoms with van der Waals surface area (Å²) >= 11 is 0. The number of hydrogen-bond donors (Lipinski definition) is 2. The molecule has 2 aromatic carbocycles. The second-order valence-corrected chi connectivity index (χ2v) is 6.42. The Morgan fingerprint density at radius 2 is 1.54 bits per heavy atom. The molecule has 2 aromatic rings. The Bertz CT molecular complexity index is 771. The number of carbonyl (C=O) groups excluding carboxylic acids is 2. The number of nitrogens with one attached hydrogen (secondary N) is 2. The van der Waals surface area contributed by atoms with E-state index in [-0.39, 0.29) is 5.56 Å². The van der Waals surface area contributed by atoms with Gasteiger partial charge in [-0.25, -0.2) is 4.39 Å². The van der Waals surface area contributed by atoms with Crippen molar-refractivity contribution in [2.45, 2.75) is 25.8 Å². The first-order valence-electron chi connectivity index (χ1n) is 8.80. The normalized spacial score (nSPS) is 14.7. The summed E-state index contributed by atoms with van der Waals surface area (Å²) in [5, 5.41) is 0. The maximum Gasteiger partial charge on any atom is 0.272 e. The molecule has 1 aliphatic rings. The monoisotopic (exact) mass is 355 g/mol. The zero-order chi connectivity index (χ0) is 18.4. The van der Waals surface area contributed by atoms with E-state index in [0.717, 1.165) is 25.2 Å². The van der Waals surface area contributed by atoms with E-state index in [9.17, 15) is 14.0 Å². The third kappa shape index (κ3) is 4.67. The quantitative estimate of drug-likeness (QED) is 0.829. The van der Waals surface area contributed by atoms with Crippen molar-refractivity contribution in [3.63, 3.8) is 0 Å². The topological polar surface area (TPSA) is 61.4 Å². The van der Waals surface area contributed by atoms with Crippen LogP contribution in [0.1, 0.15) is 45.5 Å². The summed E-state index contributed by atoms with van der Waals surface area (Å²) in [7, 11) is 0. The Balaban J connectivity index is 1.53. The van der Waals surface area contributed by atoms with Crippen molar-refractivity contribution in [2.24, 2.45) is 0 Å². The minimum atomic E-state index is -0.696. The average molecular weight is 355 g/mol. The second kappa shape index (κ2) is 8.58. The summed E-state index contributed by atoms with van der Waals surface area (Å²) < 4.78 is 13.5. The Morgan fingerprint density at radius 3 is 2.23 bits per heavy atom. The molecule has 0 bridgehead atoms. The van der Waals surface area contributed by atoms with Crippen LogP contribution in [0.15, 0.2) is 48.5 Å². The van der Waals surface area contributed by atoms with E-state index in [4.69, 9.17) is 0 Å². The van der Waals surface area contributed by atoms with Gasteiger partial charge < -0.3 is 0 Å². The molecule has 0 spiro atoms. The molecule has 1 fully saturated rings. The Morgan fingerprint density at radius 1 is 0.885 bits per heavy atom. The van der Waals surface area contributed by atoms with Gasteiger partial charge in [0.15, 0.2) is 0 Å². The standard InChI is InChI=1S/C20H22FN3O2/c21-18-7-3-2-6-17(18)20(26)23-22-19(25)16-10-8-15(9-11-16)14-24-12-4-1-5-13-24/h2-3,6-11H,1,4-5,12-14H2,(H,22,25)(H,23,26). The van der Waals surface area contributed by atoms with E-state index >= 15 is 0 Å². The van der Waals surface area contributed by atoms with Crippen LogP contribution in [-0.2, 0) is 6.54 Å². The van der Waals surface area contributed by atoms with Crippen LogP contribution in [0.25, 0.3) is 0 Å². The molecule has 1 heterocycles. The van der Waals surface area contributed by atoms with Crippen molar-refractivity contribution >= 4 is 11.8 Å². The third-order valence-corrected chi connectivity index (χ3v) is 4.48. The molecule has 3 rings (SSSR count). The molecular weight excluding hydrogens is 333 g/mol. The van der Waals surface area contributed by atoms with Crippen molar-refractivity contribution in [1.29, 1.82) is 0 Å². The van der Waals surface area contributed by atoms with Crippen molar-refractivity contribution in [3.05, 3.63) is 71.0 Å². The molecule has 0 aliphatic carbocycles. The van der Waals surface area contributed by atoms with Crippen LogP contribution in [0.3, 0.4) is 0 Å². The van der Waals surface area contributed by atoms with Crippen LogP contribution >= 0.6 is 0 Å². The second-order valence-electron chi connectivity index (χ2n) is 6.42. The maximum absolute atomic E-state index is 13.5. The Hall–Kier alpha value is -2.73. The van der Waals surface area contributed by atoms with Gasteiger partial charge in [-0.3, -0.25) is 25.3 Å². The molecular formula is C20H22FN3O2. The zero-order valence-corrected chi connectivity index (χ0v) is 14.5.